The van der Waals surface area contributed by atoms with Gasteiger partial charge in [-0.05, 0) is 24.1 Å². The van der Waals surface area contributed by atoms with E-state index in [4.69, 9.17) is 4.74 Å². The van der Waals surface area contributed by atoms with E-state index >= 15 is 0 Å². The van der Waals surface area contributed by atoms with Crippen molar-refractivity contribution in [3.8, 4) is 0 Å². The van der Waals surface area contributed by atoms with Crippen LogP contribution in [0.2, 0.25) is 0 Å². The molecular weight excluding hydrogens is 242 g/mol. The number of Topliss-reactive ketones (excluding diaryl/α,β-unsaturated/α-hetero) is 1. The van der Waals surface area contributed by atoms with Gasteiger partial charge in [-0.1, -0.05) is 24.3 Å². The summed E-state index contributed by atoms with van der Waals surface area (Å²) in [6.07, 6.45) is 2.19. The lowest BCUT2D eigenvalue weighted by Crippen LogP contribution is -1.98. The normalized spacial score (nSPS) is 16.6. The third-order valence-corrected chi connectivity index (χ3v) is 2.74. The van der Waals surface area contributed by atoms with Crippen LogP contribution < -0.4 is 0 Å². The lowest BCUT2D eigenvalue weighted by molar-refractivity contribution is -0.142. The smallest absolute Gasteiger partial charge is 0.302 e. The highest BCUT2D eigenvalue weighted by Crippen LogP contribution is 2.17. The van der Waals surface area contributed by atoms with Crippen LogP contribution in [0.3, 0.4) is 0 Å². The number of ketones is 1. The lowest BCUT2D eigenvalue weighted by Gasteiger charge is -2.02. The van der Waals surface area contributed by atoms with Gasteiger partial charge in [-0.15, -0.1) is 0 Å². The molecule has 0 atom stereocenters. The quantitative estimate of drug-likeness (QED) is 0.617. The van der Waals surface area contributed by atoms with Crippen molar-refractivity contribution in [2.24, 2.45) is 4.99 Å². The van der Waals surface area contributed by atoms with Gasteiger partial charge in [0.25, 0.3) is 0 Å². The van der Waals surface area contributed by atoms with E-state index in [0.29, 0.717) is 12.1 Å². The Morgan fingerprint density at radius 1 is 1.37 bits per heavy atom. The van der Waals surface area contributed by atoms with E-state index in [2.05, 4.69) is 4.99 Å². The van der Waals surface area contributed by atoms with Gasteiger partial charge >= 0.3 is 5.97 Å². The van der Waals surface area contributed by atoms with Gasteiger partial charge < -0.3 is 4.74 Å². The van der Waals surface area contributed by atoms with Crippen molar-refractivity contribution in [2.45, 2.75) is 26.9 Å². The third-order valence-electron chi connectivity index (χ3n) is 2.74. The Morgan fingerprint density at radius 3 is 2.58 bits per heavy atom. The van der Waals surface area contributed by atoms with Crippen LogP contribution in [-0.4, -0.2) is 17.5 Å². The first kappa shape index (κ1) is 13.2. The molecule has 0 radical (unpaired) electrons. The summed E-state index contributed by atoms with van der Waals surface area (Å²) in [5.41, 5.74) is 3.18. The number of rotatable bonds is 3. The zero-order valence-corrected chi connectivity index (χ0v) is 11.0. The van der Waals surface area contributed by atoms with Gasteiger partial charge in [0.2, 0.25) is 0 Å². The zero-order valence-electron chi connectivity index (χ0n) is 11.0. The maximum absolute atomic E-state index is 11.6. The molecule has 1 aromatic carbocycles. The first-order chi connectivity index (χ1) is 9.04. The molecule has 0 aromatic heterocycles. The highest BCUT2D eigenvalue weighted by Gasteiger charge is 2.17. The van der Waals surface area contributed by atoms with Crippen LogP contribution in [-0.2, 0) is 20.9 Å². The minimum Gasteiger partial charge on any atom is -0.461 e. The molecule has 98 valence electrons. The van der Waals surface area contributed by atoms with Crippen LogP contribution in [0.4, 0.5) is 0 Å². The van der Waals surface area contributed by atoms with Crippen LogP contribution >= 0.6 is 0 Å². The first-order valence-electron chi connectivity index (χ1n) is 6.06. The number of hydrogen-bond donors (Lipinski definition) is 0. The van der Waals surface area contributed by atoms with Crippen LogP contribution in [0.25, 0.3) is 6.08 Å². The molecule has 0 fully saturated rings. The summed E-state index contributed by atoms with van der Waals surface area (Å²) in [4.78, 5) is 26.5. The summed E-state index contributed by atoms with van der Waals surface area (Å²) < 4.78 is 4.90. The van der Waals surface area contributed by atoms with E-state index in [9.17, 15) is 9.59 Å². The maximum atomic E-state index is 11.6. The SMILES string of the molecule is CC(=O)OCc1ccc(/C=C2\N=C(C)CC2=O)cc1. The Kier molecular flexibility index (Phi) is 3.90. The average Bonchev–Trinajstić information content (AvgIpc) is 2.67. The molecule has 4 heteroatoms. The molecule has 0 bridgehead atoms. The van der Waals surface area contributed by atoms with Gasteiger partial charge in [0.05, 0.1) is 6.42 Å². The Balaban J connectivity index is 2.09. The van der Waals surface area contributed by atoms with Gasteiger partial charge in [-0.3, -0.25) is 14.6 Å². The van der Waals surface area contributed by atoms with Gasteiger partial charge in [0.1, 0.15) is 12.3 Å². The molecule has 0 saturated carbocycles. The Bertz CT molecular complexity index is 568. The van der Waals surface area contributed by atoms with Gasteiger partial charge in [0.15, 0.2) is 5.78 Å². The highest BCUT2D eigenvalue weighted by molar-refractivity contribution is 6.16. The van der Waals surface area contributed by atoms with Crippen molar-refractivity contribution in [1.29, 1.82) is 0 Å². The standard InChI is InChI=1S/C15H15NO3/c1-10-7-15(18)14(16-10)8-12-3-5-13(6-4-12)9-19-11(2)17/h3-6,8H,7,9H2,1-2H3/b14-8-. The minimum atomic E-state index is -0.299. The van der Waals surface area contributed by atoms with E-state index in [1.54, 1.807) is 6.08 Å². The zero-order chi connectivity index (χ0) is 13.8. The second-order valence-corrected chi connectivity index (χ2v) is 4.50. The number of hydrogen-bond acceptors (Lipinski definition) is 4. The fourth-order valence-electron chi connectivity index (χ4n) is 1.80. The molecule has 0 aliphatic carbocycles. The fraction of sp³-hybridized carbons (Fsp3) is 0.267. The summed E-state index contributed by atoms with van der Waals surface area (Å²) >= 11 is 0. The fourth-order valence-corrected chi connectivity index (χ4v) is 1.80. The number of benzene rings is 1. The molecular formula is C15H15NO3. The van der Waals surface area contributed by atoms with Crippen molar-refractivity contribution >= 4 is 23.5 Å². The van der Waals surface area contributed by atoms with E-state index in [-0.39, 0.29) is 18.4 Å². The second kappa shape index (κ2) is 5.61. The number of allylic oxidation sites excluding steroid dienone is 1. The number of esters is 1. The largest absolute Gasteiger partial charge is 0.461 e. The van der Waals surface area contributed by atoms with Gasteiger partial charge in [-0.25, -0.2) is 0 Å². The summed E-state index contributed by atoms with van der Waals surface area (Å²) in [6.45, 7) is 3.49. The molecule has 0 amide bonds. The van der Waals surface area contributed by atoms with Gasteiger partial charge in [-0.2, -0.15) is 0 Å². The molecule has 0 unspecified atom stereocenters. The van der Waals surface area contributed by atoms with Crippen molar-refractivity contribution in [3.63, 3.8) is 0 Å². The molecule has 0 spiro atoms. The van der Waals surface area contributed by atoms with E-state index in [0.717, 1.165) is 16.8 Å². The number of nitrogens with zero attached hydrogens (tertiary/aromatic N) is 1. The summed E-state index contributed by atoms with van der Waals surface area (Å²) in [5.74, 6) is -0.242. The van der Waals surface area contributed by atoms with E-state index < -0.39 is 0 Å². The highest BCUT2D eigenvalue weighted by atomic mass is 16.5. The van der Waals surface area contributed by atoms with Crippen molar-refractivity contribution in [2.75, 3.05) is 0 Å². The van der Waals surface area contributed by atoms with E-state index in [1.807, 2.05) is 31.2 Å². The molecule has 1 aromatic rings. The number of carbonyl (C=O) groups excluding carboxylic acids is 2. The summed E-state index contributed by atoms with van der Waals surface area (Å²) in [7, 11) is 0. The lowest BCUT2D eigenvalue weighted by atomic mass is 10.1. The summed E-state index contributed by atoms with van der Waals surface area (Å²) in [5, 5.41) is 0. The molecule has 19 heavy (non-hydrogen) atoms. The number of carbonyl (C=O) groups is 2. The Morgan fingerprint density at radius 2 is 2.05 bits per heavy atom. The van der Waals surface area contributed by atoms with Crippen LogP contribution in [0.1, 0.15) is 31.4 Å². The second-order valence-electron chi connectivity index (χ2n) is 4.50. The molecule has 1 aliphatic rings. The summed E-state index contributed by atoms with van der Waals surface area (Å²) in [6, 6.07) is 7.49. The molecule has 0 N–H and O–H groups in total. The van der Waals surface area contributed by atoms with Crippen molar-refractivity contribution < 1.29 is 14.3 Å². The van der Waals surface area contributed by atoms with Crippen LogP contribution in [0.15, 0.2) is 35.0 Å². The van der Waals surface area contributed by atoms with E-state index in [1.165, 1.54) is 6.92 Å². The first-order valence-corrected chi connectivity index (χ1v) is 6.06. The third kappa shape index (κ3) is 3.61. The average molecular weight is 257 g/mol. The molecule has 0 saturated heterocycles. The Hall–Kier alpha value is -2.23. The predicted molar refractivity (Wildman–Crippen MR) is 72.6 cm³/mol. The maximum Gasteiger partial charge on any atom is 0.302 e. The molecule has 2 rings (SSSR count). The van der Waals surface area contributed by atoms with Crippen LogP contribution in [0, 0.1) is 0 Å². The predicted octanol–water partition coefficient (Wildman–Crippen LogP) is 2.52. The topological polar surface area (TPSA) is 55.7 Å². The number of ether oxygens (including phenoxy) is 1. The van der Waals surface area contributed by atoms with Crippen molar-refractivity contribution in [1.82, 2.24) is 0 Å². The van der Waals surface area contributed by atoms with Crippen LogP contribution in [0.5, 0.6) is 0 Å². The molecule has 1 aliphatic heterocycles. The van der Waals surface area contributed by atoms with Gasteiger partial charge in [0, 0.05) is 12.6 Å². The Labute approximate surface area is 111 Å². The number of aliphatic imine (C=N–C) groups is 1. The minimum absolute atomic E-state index is 0.0569. The molecule has 1 heterocycles. The monoisotopic (exact) mass is 257 g/mol. The molecule has 4 nitrogen and oxygen atoms in total. The van der Waals surface area contributed by atoms with Crippen molar-refractivity contribution in [3.05, 3.63) is 41.1 Å².